The fourth-order valence-electron chi connectivity index (χ4n) is 2.98. The highest BCUT2D eigenvalue weighted by Crippen LogP contribution is 2.48. The maximum absolute atomic E-state index is 12.2. The number of hydrogen-bond donors (Lipinski definition) is 0. The topological polar surface area (TPSA) is 71.7 Å². The summed E-state index contributed by atoms with van der Waals surface area (Å²) in [6, 6.07) is -0.127. The van der Waals surface area contributed by atoms with Crippen molar-refractivity contribution < 1.29 is 14.1 Å². The molecule has 1 aliphatic carbocycles. The number of aromatic nitrogens is 2. The fourth-order valence-corrected chi connectivity index (χ4v) is 2.98. The normalized spacial score (nSPS) is 22.9. The van der Waals surface area contributed by atoms with Gasteiger partial charge in [-0.05, 0) is 54.1 Å². The van der Waals surface area contributed by atoms with Crippen LogP contribution in [0.2, 0.25) is 0 Å². The molecule has 0 spiro atoms. The van der Waals surface area contributed by atoms with Crippen LogP contribution in [0.15, 0.2) is 4.52 Å². The molecule has 2 heterocycles. The van der Waals surface area contributed by atoms with E-state index >= 15 is 0 Å². The van der Waals surface area contributed by atoms with E-state index in [9.17, 15) is 4.79 Å². The lowest BCUT2D eigenvalue weighted by molar-refractivity contribution is -0.00772. The average Bonchev–Trinajstić information content (AvgIpc) is 2.94. The molecule has 2 aliphatic rings. The van der Waals surface area contributed by atoms with Gasteiger partial charge < -0.3 is 14.2 Å². The molecular formula is C16H26N4O3. The van der Waals surface area contributed by atoms with Crippen molar-refractivity contribution in [3.8, 4) is 0 Å². The van der Waals surface area contributed by atoms with Gasteiger partial charge in [0.05, 0.1) is 5.41 Å². The van der Waals surface area contributed by atoms with Crippen molar-refractivity contribution in [2.75, 3.05) is 27.2 Å². The lowest BCUT2D eigenvalue weighted by Crippen LogP contribution is -2.47. The van der Waals surface area contributed by atoms with Crippen molar-refractivity contribution in [2.24, 2.45) is 0 Å². The maximum atomic E-state index is 12.2. The highest BCUT2D eigenvalue weighted by Gasteiger charge is 2.50. The molecule has 1 aliphatic heterocycles. The zero-order valence-corrected chi connectivity index (χ0v) is 14.6. The Morgan fingerprint density at radius 2 is 2.13 bits per heavy atom. The molecule has 0 bridgehead atoms. The average molecular weight is 322 g/mol. The maximum Gasteiger partial charge on any atom is 0.410 e. The van der Waals surface area contributed by atoms with Crippen LogP contribution in [-0.2, 0) is 10.2 Å². The van der Waals surface area contributed by atoms with E-state index in [0.29, 0.717) is 18.3 Å². The van der Waals surface area contributed by atoms with Crippen LogP contribution in [0.1, 0.15) is 57.8 Å². The second-order valence-electron chi connectivity index (χ2n) is 7.95. The third-order valence-electron chi connectivity index (χ3n) is 4.31. The van der Waals surface area contributed by atoms with E-state index in [0.717, 1.165) is 25.8 Å². The van der Waals surface area contributed by atoms with Gasteiger partial charge in [-0.25, -0.2) is 4.79 Å². The number of carbonyl (C=O) groups is 1. The van der Waals surface area contributed by atoms with E-state index in [2.05, 4.69) is 15.0 Å². The highest BCUT2D eigenvalue weighted by atomic mass is 16.6. The van der Waals surface area contributed by atoms with E-state index in [-0.39, 0.29) is 17.6 Å². The second-order valence-corrected chi connectivity index (χ2v) is 7.95. The zero-order chi connectivity index (χ0) is 16.8. The van der Waals surface area contributed by atoms with Crippen molar-refractivity contribution in [3.05, 3.63) is 11.7 Å². The molecule has 1 aromatic rings. The number of hydrogen-bond acceptors (Lipinski definition) is 6. The molecule has 0 aromatic carbocycles. The van der Waals surface area contributed by atoms with Crippen molar-refractivity contribution in [3.63, 3.8) is 0 Å². The number of nitrogens with zero attached hydrogens (tertiary/aromatic N) is 4. The summed E-state index contributed by atoms with van der Waals surface area (Å²) in [6.45, 7) is 7.18. The molecule has 1 saturated carbocycles. The summed E-state index contributed by atoms with van der Waals surface area (Å²) in [6.07, 6.45) is 2.69. The predicted molar refractivity (Wildman–Crippen MR) is 84.1 cm³/mol. The molecule has 1 amide bonds. The Kier molecular flexibility index (Phi) is 3.86. The third-order valence-corrected chi connectivity index (χ3v) is 4.31. The van der Waals surface area contributed by atoms with Crippen molar-refractivity contribution in [1.29, 1.82) is 0 Å². The fraction of sp³-hybridized carbons (Fsp3) is 0.812. The van der Waals surface area contributed by atoms with Gasteiger partial charge in [0.1, 0.15) is 11.6 Å². The van der Waals surface area contributed by atoms with Crippen LogP contribution >= 0.6 is 0 Å². The molecule has 128 valence electrons. The SMILES string of the molecule is CN(C)CC1(c2nc(C3CCN3C(=O)OC(C)(C)C)no2)CC1. The first-order chi connectivity index (χ1) is 10.7. The van der Waals surface area contributed by atoms with Crippen molar-refractivity contribution in [2.45, 2.75) is 57.1 Å². The Bertz CT molecular complexity index is 586. The second kappa shape index (κ2) is 5.47. The van der Waals surface area contributed by atoms with E-state index in [1.165, 1.54) is 0 Å². The van der Waals surface area contributed by atoms with Gasteiger partial charge in [-0.15, -0.1) is 0 Å². The van der Waals surface area contributed by atoms with Gasteiger partial charge in [0.2, 0.25) is 5.89 Å². The largest absolute Gasteiger partial charge is 0.444 e. The molecule has 23 heavy (non-hydrogen) atoms. The van der Waals surface area contributed by atoms with E-state index in [1.54, 1.807) is 4.90 Å². The summed E-state index contributed by atoms with van der Waals surface area (Å²) in [5.41, 5.74) is -0.487. The van der Waals surface area contributed by atoms with Crippen LogP contribution in [0.3, 0.4) is 0 Å². The summed E-state index contributed by atoms with van der Waals surface area (Å²) in [5, 5.41) is 4.13. The summed E-state index contributed by atoms with van der Waals surface area (Å²) in [7, 11) is 4.10. The third kappa shape index (κ3) is 3.34. The van der Waals surface area contributed by atoms with Gasteiger partial charge in [0.25, 0.3) is 0 Å². The lowest BCUT2D eigenvalue weighted by atomic mass is 10.0. The quantitative estimate of drug-likeness (QED) is 0.847. The first-order valence-corrected chi connectivity index (χ1v) is 8.19. The molecule has 1 saturated heterocycles. The minimum absolute atomic E-state index is 0.00917. The van der Waals surface area contributed by atoms with Gasteiger partial charge in [-0.3, -0.25) is 4.90 Å². The molecule has 0 N–H and O–H groups in total. The number of rotatable bonds is 4. The van der Waals surface area contributed by atoms with Gasteiger partial charge in [0.15, 0.2) is 5.82 Å². The van der Waals surface area contributed by atoms with Crippen LogP contribution in [0.5, 0.6) is 0 Å². The van der Waals surface area contributed by atoms with Gasteiger partial charge in [-0.1, -0.05) is 5.16 Å². The van der Waals surface area contributed by atoms with E-state index < -0.39 is 5.60 Å². The van der Waals surface area contributed by atoms with E-state index in [1.807, 2.05) is 34.9 Å². The molecule has 1 unspecified atom stereocenters. The van der Waals surface area contributed by atoms with Crippen molar-refractivity contribution >= 4 is 6.09 Å². The van der Waals surface area contributed by atoms with Crippen LogP contribution < -0.4 is 0 Å². The summed E-state index contributed by atoms with van der Waals surface area (Å²) >= 11 is 0. The monoisotopic (exact) mass is 322 g/mol. The van der Waals surface area contributed by atoms with Gasteiger partial charge in [-0.2, -0.15) is 4.98 Å². The molecule has 0 radical (unpaired) electrons. The summed E-state index contributed by atoms with van der Waals surface area (Å²) in [4.78, 5) is 20.6. The number of carbonyl (C=O) groups excluding carboxylic acids is 1. The van der Waals surface area contributed by atoms with Gasteiger partial charge >= 0.3 is 6.09 Å². The molecule has 7 nitrogen and oxygen atoms in total. The number of amides is 1. The van der Waals surface area contributed by atoms with Gasteiger partial charge in [0, 0.05) is 13.1 Å². The Morgan fingerprint density at radius 1 is 1.43 bits per heavy atom. The molecular weight excluding hydrogens is 296 g/mol. The van der Waals surface area contributed by atoms with Crippen LogP contribution in [-0.4, -0.2) is 58.8 Å². The van der Waals surface area contributed by atoms with Crippen LogP contribution in [0.25, 0.3) is 0 Å². The minimum Gasteiger partial charge on any atom is -0.444 e. The first-order valence-electron chi connectivity index (χ1n) is 8.19. The van der Waals surface area contributed by atoms with Crippen molar-refractivity contribution in [1.82, 2.24) is 19.9 Å². The minimum atomic E-state index is -0.497. The number of likely N-dealkylation sites (N-methyl/N-ethyl adjacent to an activating group) is 1. The Morgan fingerprint density at radius 3 is 2.61 bits per heavy atom. The standard InChI is InChI=1S/C16H26N4O3/c1-15(2,3)22-14(21)20-9-6-11(20)12-17-13(23-18-12)16(7-8-16)10-19(4)5/h11H,6-10H2,1-5H3. The number of ether oxygens (including phenoxy) is 1. The summed E-state index contributed by atoms with van der Waals surface area (Å²) in [5.74, 6) is 1.30. The van der Waals surface area contributed by atoms with Crippen LogP contribution in [0.4, 0.5) is 4.79 Å². The molecule has 1 atom stereocenters. The zero-order valence-electron chi connectivity index (χ0n) is 14.6. The Labute approximate surface area is 137 Å². The first kappa shape index (κ1) is 16.2. The Balaban J connectivity index is 1.68. The lowest BCUT2D eigenvalue weighted by Gasteiger charge is -2.39. The molecule has 1 aromatic heterocycles. The molecule has 2 fully saturated rings. The molecule has 7 heteroatoms. The number of likely N-dealkylation sites (tertiary alicyclic amines) is 1. The predicted octanol–water partition coefficient (Wildman–Crippen LogP) is 2.34. The van der Waals surface area contributed by atoms with E-state index in [4.69, 9.17) is 9.26 Å². The smallest absolute Gasteiger partial charge is 0.410 e. The Hall–Kier alpha value is -1.63. The summed E-state index contributed by atoms with van der Waals surface area (Å²) < 4.78 is 10.9. The van der Waals surface area contributed by atoms with Crippen LogP contribution in [0, 0.1) is 0 Å². The molecule has 3 rings (SSSR count). The highest BCUT2D eigenvalue weighted by molar-refractivity contribution is 5.69.